The van der Waals surface area contributed by atoms with Crippen LogP contribution in [0.25, 0.3) is 0 Å². The molecule has 8 heteroatoms. The molecule has 1 aliphatic rings. The van der Waals surface area contributed by atoms with Gasteiger partial charge in [-0.25, -0.2) is 4.39 Å². The van der Waals surface area contributed by atoms with Crippen molar-refractivity contribution in [3.63, 3.8) is 0 Å². The highest BCUT2D eigenvalue weighted by atomic mass is 19.1. The monoisotopic (exact) mass is 396 g/mol. The number of piperazine rings is 1. The summed E-state index contributed by atoms with van der Waals surface area (Å²) in [5.74, 6) is 0.987. The molecule has 1 amide bonds. The SMILES string of the molecule is Cc1nc(COc2ccccc2C(=O)N2CCN(c3ccccc3F)CC2)no1. The van der Waals surface area contributed by atoms with Gasteiger partial charge in [0.2, 0.25) is 11.7 Å². The molecule has 0 bridgehead atoms. The predicted octanol–water partition coefficient (Wildman–Crippen LogP) is 3.06. The van der Waals surface area contributed by atoms with Gasteiger partial charge in [-0.3, -0.25) is 4.79 Å². The zero-order chi connectivity index (χ0) is 20.2. The summed E-state index contributed by atoms with van der Waals surface area (Å²) >= 11 is 0. The minimum Gasteiger partial charge on any atom is -0.485 e. The van der Waals surface area contributed by atoms with E-state index in [1.165, 1.54) is 6.07 Å². The lowest BCUT2D eigenvalue weighted by molar-refractivity contribution is 0.0741. The van der Waals surface area contributed by atoms with Crippen molar-refractivity contribution in [2.24, 2.45) is 0 Å². The van der Waals surface area contributed by atoms with Crippen LogP contribution in [-0.4, -0.2) is 47.1 Å². The lowest BCUT2D eigenvalue weighted by Crippen LogP contribution is -2.49. The molecular weight excluding hydrogens is 375 g/mol. The van der Waals surface area contributed by atoms with E-state index in [9.17, 15) is 9.18 Å². The van der Waals surface area contributed by atoms with Gasteiger partial charge >= 0.3 is 0 Å². The van der Waals surface area contributed by atoms with Gasteiger partial charge in [0, 0.05) is 33.1 Å². The molecule has 2 aromatic carbocycles. The maximum Gasteiger partial charge on any atom is 0.257 e. The van der Waals surface area contributed by atoms with E-state index in [-0.39, 0.29) is 18.3 Å². The molecule has 1 aromatic heterocycles. The Balaban J connectivity index is 1.42. The van der Waals surface area contributed by atoms with Gasteiger partial charge in [-0.1, -0.05) is 29.4 Å². The van der Waals surface area contributed by atoms with E-state index in [1.807, 2.05) is 17.0 Å². The van der Waals surface area contributed by atoms with Crippen LogP contribution in [-0.2, 0) is 6.61 Å². The Morgan fingerprint density at radius 1 is 1.10 bits per heavy atom. The van der Waals surface area contributed by atoms with E-state index in [0.717, 1.165) is 0 Å². The van der Waals surface area contributed by atoms with Crippen LogP contribution in [0.3, 0.4) is 0 Å². The maximum absolute atomic E-state index is 14.0. The smallest absolute Gasteiger partial charge is 0.257 e. The quantitative estimate of drug-likeness (QED) is 0.660. The van der Waals surface area contributed by atoms with Crippen molar-refractivity contribution in [1.82, 2.24) is 15.0 Å². The molecule has 29 heavy (non-hydrogen) atoms. The molecule has 4 rings (SSSR count). The molecule has 0 radical (unpaired) electrons. The van der Waals surface area contributed by atoms with E-state index in [2.05, 4.69) is 10.1 Å². The standard InChI is InChI=1S/C21H21FN4O3/c1-15-23-20(24-29-15)14-28-19-9-5-2-6-16(19)21(27)26-12-10-25(11-13-26)18-8-4-3-7-17(18)22/h2-9H,10-14H2,1H3. The molecule has 7 nitrogen and oxygen atoms in total. The number of halogens is 1. The first-order valence-electron chi connectivity index (χ1n) is 9.41. The topological polar surface area (TPSA) is 71.7 Å². The molecule has 0 atom stereocenters. The Morgan fingerprint density at radius 2 is 1.83 bits per heavy atom. The second-order valence-electron chi connectivity index (χ2n) is 6.75. The summed E-state index contributed by atoms with van der Waals surface area (Å²) in [4.78, 5) is 20.9. The van der Waals surface area contributed by atoms with Crippen LogP contribution >= 0.6 is 0 Å². The molecule has 0 unspecified atom stereocenters. The van der Waals surface area contributed by atoms with Crippen LogP contribution in [0.15, 0.2) is 53.1 Å². The van der Waals surface area contributed by atoms with Gasteiger partial charge in [-0.2, -0.15) is 4.98 Å². The fourth-order valence-electron chi connectivity index (χ4n) is 3.34. The third kappa shape index (κ3) is 4.21. The summed E-state index contributed by atoms with van der Waals surface area (Å²) < 4.78 is 24.7. The van der Waals surface area contributed by atoms with Gasteiger partial charge < -0.3 is 19.1 Å². The predicted molar refractivity (Wildman–Crippen MR) is 104 cm³/mol. The normalized spacial score (nSPS) is 14.1. The fourth-order valence-corrected chi connectivity index (χ4v) is 3.34. The van der Waals surface area contributed by atoms with Crippen LogP contribution in [0.2, 0.25) is 0 Å². The molecule has 3 aromatic rings. The van der Waals surface area contributed by atoms with E-state index >= 15 is 0 Å². The molecule has 1 aliphatic heterocycles. The maximum atomic E-state index is 14.0. The summed E-state index contributed by atoms with van der Waals surface area (Å²) in [7, 11) is 0. The molecular formula is C21H21FN4O3. The van der Waals surface area contributed by atoms with Crippen LogP contribution < -0.4 is 9.64 Å². The molecule has 2 heterocycles. The number of benzene rings is 2. The summed E-state index contributed by atoms with van der Waals surface area (Å²) in [5, 5.41) is 3.80. The number of carbonyl (C=O) groups is 1. The highest BCUT2D eigenvalue weighted by molar-refractivity contribution is 5.97. The number of hydrogen-bond donors (Lipinski definition) is 0. The number of rotatable bonds is 5. The summed E-state index contributed by atoms with van der Waals surface area (Å²) in [5.41, 5.74) is 1.05. The minimum atomic E-state index is -0.247. The Hall–Kier alpha value is -3.42. The van der Waals surface area contributed by atoms with Crippen molar-refractivity contribution in [3.05, 3.63) is 71.6 Å². The number of para-hydroxylation sites is 2. The van der Waals surface area contributed by atoms with Gasteiger partial charge in [-0.05, 0) is 24.3 Å². The third-order valence-corrected chi connectivity index (χ3v) is 4.80. The van der Waals surface area contributed by atoms with Crippen molar-refractivity contribution in [1.29, 1.82) is 0 Å². The average molecular weight is 396 g/mol. The Bertz CT molecular complexity index is 999. The lowest BCUT2D eigenvalue weighted by Gasteiger charge is -2.36. The number of aryl methyl sites for hydroxylation is 1. The Morgan fingerprint density at radius 3 is 2.55 bits per heavy atom. The van der Waals surface area contributed by atoms with Crippen molar-refractivity contribution >= 4 is 11.6 Å². The van der Waals surface area contributed by atoms with Gasteiger partial charge in [0.15, 0.2) is 6.61 Å². The second kappa shape index (κ2) is 8.30. The molecule has 0 aliphatic carbocycles. The number of hydrogen-bond acceptors (Lipinski definition) is 6. The van der Waals surface area contributed by atoms with E-state index in [4.69, 9.17) is 9.26 Å². The van der Waals surface area contributed by atoms with Gasteiger partial charge in [-0.15, -0.1) is 0 Å². The van der Waals surface area contributed by atoms with Gasteiger partial charge in [0.25, 0.3) is 5.91 Å². The van der Waals surface area contributed by atoms with Crippen molar-refractivity contribution in [2.75, 3.05) is 31.1 Å². The number of aromatic nitrogens is 2. The van der Waals surface area contributed by atoms with Crippen LogP contribution in [0, 0.1) is 12.7 Å². The van der Waals surface area contributed by atoms with E-state index in [0.29, 0.717) is 54.9 Å². The zero-order valence-electron chi connectivity index (χ0n) is 16.0. The van der Waals surface area contributed by atoms with Crippen LogP contribution in [0.1, 0.15) is 22.1 Å². The van der Waals surface area contributed by atoms with E-state index in [1.54, 1.807) is 42.2 Å². The third-order valence-electron chi connectivity index (χ3n) is 4.80. The molecule has 1 saturated heterocycles. The van der Waals surface area contributed by atoms with Crippen molar-refractivity contribution in [3.8, 4) is 5.75 Å². The molecule has 0 spiro atoms. The first kappa shape index (κ1) is 18.9. The number of nitrogens with zero attached hydrogens (tertiary/aromatic N) is 4. The van der Waals surface area contributed by atoms with Crippen molar-refractivity contribution in [2.45, 2.75) is 13.5 Å². The first-order chi connectivity index (χ1) is 14.1. The number of carbonyl (C=O) groups excluding carboxylic acids is 1. The van der Waals surface area contributed by atoms with Crippen LogP contribution in [0.5, 0.6) is 5.75 Å². The molecule has 0 saturated carbocycles. The highest BCUT2D eigenvalue weighted by Gasteiger charge is 2.25. The minimum absolute atomic E-state index is 0.113. The zero-order valence-corrected chi connectivity index (χ0v) is 16.0. The number of anilines is 1. The highest BCUT2D eigenvalue weighted by Crippen LogP contribution is 2.24. The van der Waals surface area contributed by atoms with E-state index < -0.39 is 0 Å². The summed E-state index contributed by atoms with van der Waals surface area (Å²) in [6.07, 6.45) is 0. The second-order valence-corrected chi connectivity index (χ2v) is 6.75. The van der Waals surface area contributed by atoms with Gasteiger partial charge in [0.1, 0.15) is 11.6 Å². The molecule has 150 valence electrons. The largest absolute Gasteiger partial charge is 0.485 e. The Kier molecular flexibility index (Phi) is 5.41. The fraction of sp³-hybridized carbons (Fsp3) is 0.286. The summed E-state index contributed by atoms with van der Waals surface area (Å²) in [6, 6.07) is 13.8. The first-order valence-corrected chi connectivity index (χ1v) is 9.41. The summed E-state index contributed by atoms with van der Waals surface area (Å²) in [6.45, 7) is 3.96. The Labute approximate surface area is 167 Å². The lowest BCUT2D eigenvalue weighted by atomic mass is 10.1. The van der Waals surface area contributed by atoms with Crippen molar-refractivity contribution < 1.29 is 18.4 Å². The van der Waals surface area contributed by atoms with Gasteiger partial charge in [0.05, 0.1) is 11.3 Å². The number of amides is 1. The average Bonchev–Trinajstić information content (AvgIpc) is 3.18. The molecule has 0 N–H and O–H groups in total. The number of ether oxygens (including phenoxy) is 1. The molecule has 1 fully saturated rings. The van der Waals surface area contributed by atoms with Crippen LogP contribution in [0.4, 0.5) is 10.1 Å².